The van der Waals surface area contributed by atoms with Crippen LogP contribution in [0.2, 0.25) is 5.02 Å². The van der Waals surface area contributed by atoms with Gasteiger partial charge in [0.2, 0.25) is 5.88 Å². The number of hydrogen-bond acceptors (Lipinski definition) is 6. The highest BCUT2D eigenvalue weighted by Gasteiger charge is 2.30. The summed E-state index contributed by atoms with van der Waals surface area (Å²) in [6, 6.07) is 7.51. The number of rotatable bonds is 4. The first kappa shape index (κ1) is 17.1. The molecule has 6 nitrogen and oxygen atoms in total. The number of carbonyl (C=O) groups excluding carboxylic acids is 1. The van der Waals surface area contributed by atoms with E-state index in [2.05, 4.69) is 20.2 Å². The molecule has 0 aliphatic carbocycles. The van der Waals surface area contributed by atoms with Crippen LogP contribution in [0, 0.1) is 6.92 Å². The van der Waals surface area contributed by atoms with Crippen LogP contribution in [-0.4, -0.2) is 42.1 Å². The van der Waals surface area contributed by atoms with Crippen molar-refractivity contribution in [2.45, 2.75) is 13.0 Å². The summed E-state index contributed by atoms with van der Waals surface area (Å²) in [5, 5.41) is 4.62. The molecule has 3 heterocycles. The number of amides is 1. The number of nitrogens with zero attached hydrogens (tertiary/aromatic N) is 3. The largest absolute Gasteiger partial charge is 0.481 e. The summed E-state index contributed by atoms with van der Waals surface area (Å²) in [4.78, 5) is 23.1. The monoisotopic (exact) mass is 388 g/mol. The molecule has 3 aromatic rings. The average Bonchev–Trinajstić information content (AvgIpc) is 2.97. The molecule has 1 aliphatic heterocycles. The van der Waals surface area contributed by atoms with Gasteiger partial charge in [0.1, 0.15) is 0 Å². The molecule has 0 unspecified atom stereocenters. The maximum Gasteiger partial charge on any atom is 0.251 e. The van der Waals surface area contributed by atoms with Gasteiger partial charge in [0.05, 0.1) is 45.3 Å². The summed E-state index contributed by atoms with van der Waals surface area (Å²) >= 11 is 7.84. The molecule has 1 saturated heterocycles. The SMILES string of the molecule is COc1cc(N2CC(NC(=O)c3ccc4sc(C)nc4c3)C2)c(Cl)cn1. The molecule has 134 valence electrons. The van der Waals surface area contributed by atoms with Gasteiger partial charge in [0.15, 0.2) is 0 Å². The number of carbonyl (C=O) groups is 1. The Morgan fingerprint density at radius 3 is 2.96 bits per heavy atom. The number of thiazole rings is 1. The van der Waals surface area contributed by atoms with Gasteiger partial charge in [0.25, 0.3) is 5.91 Å². The third kappa shape index (κ3) is 3.20. The number of benzene rings is 1. The standard InChI is InChI=1S/C18H17ClN4O2S/c1-10-21-14-5-11(3-4-16(14)26-10)18(24)22-12-8-23(9-12)15-6-17(25-2)20-7-13(15)19/h3-7,12H,8-9H2,1-2H3,(H,22,24). The Kier molecular flexibility index (Phi) is 4.42. The van der Waals surface area contributed by atoms with Crippen molar-refractivity contribution in [2.24, 2.45) is 0 Å². The number of halogens is 1. The molecule has 1 aromatic carbocycles. The van der Waals surface area contributed by atoms with Crippen LogP contribution in [0.25, 0.3) is 10.2 Å². The van der Waals surface area contributed by atoms with Gasteiger partial charge in [-0.05, 0) is 25.1 Å². The predicted molar refractivity (Wildman–Crippen MR) is 104 cm³/mol. The van der Waals surface area contributed by atoms with Crippen molar-refractivity contribution >= 4 is 44.7 Å². The van der Waals surface area contributed by atoms with E-state index in [4.69, 9.17) is 16.3 Å². The van der Waals surface area contributed by atoms with Crippen molar-refractivity contribution in [1.82, 2.24) is 15.3 Å². The molecule has 26 heavy (non-hydrogen) atoms. The summed E-state index contributed by atoms with van der Waals surface area (Å²) < 4.78 is 6.24. The van der Waals surface area contributed by atoms with Crippen molar-refractivity contribution < 1.29 is 9.53 Å². The minimum absolute atomic E-state index is 0.0746. The van der Waals surface area contributed by atoms with Crippen molar-refractivity contribution in [3.63, 3.8) is 0 Å². The van der Waals surface area contributed by atoms with Crippen LogP contribution in [0.1, 0.15) is 15.4 Å². The van der Waals surface area contributed by atoms with E-state index in [0.29, 0.717) is 29.6 Å². The molecule has 0 atom stereocenters. The average molecular weight is 389 g/mol. The lowest BCUT2D eigenvalue weighted by Crippen LogP contribution is -2.59. The first-order valence-corrected chi connectivity index (χ1v) is 9.35. The topological polar surface area (TPSA) is 67.3 Å². The summed E-state index contributed by atoms with van der Waals surface area (Å²) in [6.45, 7) is 3.35. The van der Waals surface area contributed by atoms with Gasteiger partial charge < -0.3 is 15.0 Å². The van der Waals surface area contributed by atoms with Crippen LogP contribution in [-0.2, 0) is 0 Å². The highest BCUT2D eigenvalue weighted by Crippen LogP contribution is 2.31. The number of methoxy groups -OCH3 is 1. The predicted octanol–water partition coefficient (Wildman–Crippen LogP) is 3.28. The molecule has 1 amide bonds. The van der Waals surface area contributed by atoms with Crippen LogP contribution >= 0.6 is 22.9 Å². The van der Waals surface area contributed by atoms with E-state index in [1.807, 2.05) is 25.1 Å². The molecule has 8 heteroatoms. The maximum atomic E-state index is 12.5. The zero-order valence-electron chi connectivity index (χ0n) is 14.3. The smallest absolute Gasteiger partial charge is 0.251 e. The molecule has 2 aromatic heterocycles. The molecular weight excluding hydrogens is 372 g/mol. The second kappa shape index (κ2) is 6.74. The number of aryl methyl sites for hydroxylation is 1. The first-order valence-electron chi connectivity index (χ1n) is 8.16. The van der Waals surface area contributed by atoms with Gasteiger partial charge in [0, 0.05) is 24.7 Å². The normalized spacial score (nSPS) is 14.3. The van der Waals surface area contributed by atoms with E-state index in [9.17, 15) is 4.79 Å². The first-order chi connectivity index (χ1) is 12.5. The van der Waals surface area contributed by atoms with Gasteiger partial charge >= 0.3 is 0 Å². The lowest BCUT2D eigenvalue weighted by molar-refractivity contribution is 0.0930. The second-order valence-corrected chi connectivity index (χ2v) is 7.81. The van der Waals surface area contributed by atoms with E-state index in [1.54, 1.807) is 30.7 Å². The lowest BCUT2D eigenvalue weighted by Gasteiger charge is -2.41. The number of hydrogen-bond donors (Lipinski definition) is 1. The number of nitrogens with one attached hydrogen (secondary N) is 1. The minimum Gasteiger partial charge on any atom is -0.481 e. The molecular formula is C18H17ClN4O2S. The third-order valence-electron chi connectivity index (χ3n) is 4.33. The van der Waals surface area contributed by atoms with E-state index in [0.717, 1.165) is 20.9 Å². The minimum atomic E-state index is -0.0828. The van der Waals surface area contributed by atoms with Crippen molar-refractivity contribution in [3.8, 4) is 5.88 Å². The fourth-order valence-electron chi connectivity index (χ4n) is 2.98. The highest BCUT2D eigenvalue weighted by atomic mass is 35.5. The van der Waals surface area contributed by atoms with E-state index in [1.165, 1.54) is 0 Å². The summed E-state index contributed by atoms with van der Waals surface area (Å²) in [7, 11) is 1.57. The number of aromatic nitrogens is 2. The van der Waals surface area contributed by atoms with Crippen LogP contribution in [0.3, 0.4) is 0 Å². The summed E-state index contributed by atoms with van der Waals surface area (Å²) in [5.41, 5.74) is 2.36. The van der Waals surface area contributed by atoms with Gasteiger partial charge in [-0.1, -0.05) is 11.6 Å². The number of fused-ring (bicyclic) bond motifs is 1. The fraction of sp³-hybridized carbons (Fsp3) is 0.278. The van der Waals surface area contributed by atoms with Gasteiger partial charge in [-0.25, -0.2) is 9.97 Å². The number of ether oxygens (including phenoxy) is 1. The van der Waals surface area contributed by atoms with Crippen molar-refractivity contribution in [2.75, 3.05) is 25.1 Å². The maximum absolute atomic E-state index is 12.5. The van der Waals surface area contributed by atoms with Crippen LogP contribution in [0.4, 0.5) is 5.69 Å². The molecule has 1 N–H and O–H groups in total. The van der Waals surface area contributed by atoms with Crippen LogP contribution < -0.4 is 15.0 Å². The lowest BCUT2D eigenvalue weighted by atomic mass is 10.1. The Bertz CT molecular complexity index is 984. The Labute approximate surface area is 159 Å². The zero-order valence-corrected chi connectivity index (χ0v) is 15.9. The molecule has 0 spiro atoms. The molecule has 0 radical (unpaired) electrons. The van der Waals surface area contributed by atoms with Gasteiger partial charge in [-0.2, -0.15) is 0 Å². The zero-order chi connectivity index (χ0) is 18.3. The fourth-order valence-corrected chi connectivity index (χ4v) is 4.01. The summed E-state index contributed by atoms with van der Waals surface area (Å²) in [5.74, 6) is 0.435. The molecule has 4 rings (SSSR count). The highest BCUT2D eigenvalue weighted by molar-refractivity contribution is 7.18. The van der Waals surface area contributed by atoms with Crippen molar-refractivity contribution in [3.05, 3.63) is 46.1 Å². The Morgan fingerprint density at radius 2 is 2.19 bits per heavy atom. The van der Waals surface area contributed by atoms with Crippen molar-refractivity contribution in [1.29, 1.82) is 0 Å². The number of pyridine rings is 1. The second-order valence-electron chi connectivity index (χ2n) is 6.17. The van der Waals surface area contributed by atoms with E-state index in [-0.39, 0.29) is 11.9 Å². The Morgan fingerprint density at radius 1 is 1.38 bits per heavy atom. The Balaban J connectivity index is 1.41. The molecule has 0 bridgehead atoms. The summed E-state index contributed by atoms with van der Waals surface area (Å²) in [6.07, 6.45) is 1.58. The molecule has 0 saturated carbocycles. The van der Waals surface area contributed by atoms with Crippen LogP contribution in [0.5, 0.6) is 5.88 Å². The molecule has 1 fully saturated rings. The third-order valence-corrected chi connectivity index (χ3v) is 5.58. The van der Waals surface area contributed by atoms with E-state index < -0.39 is 0 Å². The van der Waals surface area contributed by atoms with Crippen LogP contribution in [0.15, 0.2) is 30.5 Å². The van der Waals surface area contributed by atoms with E-state index >= 15 is 0 Å². The molecule has 1 aliphatic rings. The van der Waals surface area contributed by atoms with Gasteiger partial charge in [-0.15, -0.1) is 11.3 Å². The Hall–Kier alpha value is -2.38. The van der Waals surface area contributed by atoms with Gasteiger partial charge in [-0.3, -0.25) is 4.79 Å². The quantitative estimate of drug-likeness (QED) is 0.742. The number of anilines is 1.